The van der Waals surface area contributed by atoms with Gasteiger partial charge in [-0.2, -0.15) is 4.31 Å². The highest BCUT2D eigenvalue weighted by Gasteiger charge is 2.47. The van der Waals surface area contributed by atoms with Crippen molar-refractivity contribution in [3.05, 3.63) is 24.3 Å². The minimum Gasteiger partial charge on any atom is -0.497 e. The number of rotatable bonds is 5. The van der Waals surface area contributed by atoms with E-state index in [1.807, 2.05) is 0 Å². The summed E-state index contributed by atoms with van der Waals surface area (Å²) < 4.78 is 36.5. The predicted octanol–water partition coefficient (Wildman–Crippen LogP) is -1.54. The van der Waals surface area contributed by atoms with Gasteiger partial charge in [0.05, 0.1) is 18.6 Å². The maximum atomic E-state index is 12.8. The van der Waals surface area contributed by atoms with E-state index in [1.54, 1.807) is 0 Å². The third kappa shape index (κ3) is 3.72. The number of hydrogen-bond acceptors (Lipinski definition) is 8. The first-order valence-corrected chi connectivity index (χ1v) is 8.46. The molecule has 0 bridgehead atoms. The number of morpholine rings is 1. The van der Waals surface area contributed by atoms with Gasteiger partial charge in [0.25, 0.3) is 11.8 Å². The number of carbonyl (C=O) groups excluding carboxylic acids is 2. The van der Waals surface area contributed by atoms with E-state index in [9.17, 15) is 18.0 Å². The van der Waals surface area contributed by atoms with E-state index >= 15 is 0 Å². The lowest BCUT2D eigenvalue weighted by atomic mass is 10.1. The van der Waals surface area contributed by atoms with E-state index in [-0.39, 0.29) is 18.0 Å². The number of benzene rings is 1. The Morgan fingerprint density at radius 3 is 2.32 bits per heavy atom. The second kappa shape index (κ2) is 7.76. The highest BCUT2D eigenvalue weighted by atomic mass is 32.2. The largest absolute Gasteiger partial charge is 0.497 e. The van der Waals surface area contributed by atoms with E-state index in [2.05, 4.69) is 0 Å². The lowest BCUT2D eigenvalue weighted by molar-refractivity contribution is -0.158. The zero-order valence-corrected chi connectivity index (χ0v) is 13.9. The van der Waals surface area contributed by atoms with Gasteiger partial charge in [-0.3, -0.25) is 20.0 Å². The highest BCUT2D eigenvalue weighted by Crippen LogP contribution is 2.25. The van der Waals surface area contributed by atoms with Gasteiger partial charge in [-0.15, -0.1) is 0 Å². The molecule has 1 saturated heterocycles. The van der Waals surface area contributed by atoms with Crippen molar-refractivity contribution in [1.82, 2.24) is 15.3 Å². The summed E-state index contributed by atoms with van der Waals surface area (Å²) in [4.78, 5) is 23.5. The number of nitrogens with zero attached hydrogens (tertiary/aromatic N) is 1. The van der Waals surface area contributed by atoms with Crippen LogP contribution in [0.15, 0.2) is 29.2 Å². The van der Waals surface area contributed by atoms with Crippen molar-refractivity contribution in [2.45, 2.75) is 17.0 Å². The molecule has 1 aromatic rings. The van der Waals surface area contributed by atoms with E-state index in [0.717, 1.165) is 4.31 Å². The van der Waals surface area contributed by atoms with Crippen LogP contribution in [-0.2, 0) is 24.3 Å². The topological polar surface area (TPSA) is 154 Å². The molecule has 1 aliphatic rings. The van der Waals surface area contributed by atoms with Gasteiger partial charge in [-0.1, -0.05) is 0 Å². The highest BCUT2D eigenvalue weighted by molar-refractivity contribution is 7.89. The van der Waals surface area contributed by atoms with Crippen LogP contribution in [0.3, 0.4) is 0 Å². The van der Waals surface area contributed by atoms with Crippen molar-refractivity contribution in [2.75, 3.05) is 20.3 Å². The van der Waals surface area contributed by atoms with Gasteiger partial charge in [0, 0.05) is 6.54 Å². The van der Waals surface area contributed by atoms with Crippen LogP contribution in [0.2, 0.25) is 0 Å². The Balaban J connectivity index is 2.44. The third-order valence-electron chi connectivity index (χ3n) is 3.62. The summed E-state index contributed by atoms with van der Waals surface area (Å²) in [6.07, 6.45) is -1.64. The molecule has 2 unspecified atom stereocenters. The van der Waals surface area contributed by atoms with Crippen molar-refractivity contribution in [2.24, 2.45) is 0 Å². The van der Waals surface area contributed by atoms with E-state index in [0.29, 0.717) is 5.75 Å². The second-order valence-electron chi connectivity index (χ2n) is 4.98. The number of carbonyl (C=O) groups is 2. The Kier molecular flexibility index (Phi) is 5.92. The molecule has 2 amide bonds. The first kappa shape index (κ1) is 19.1. The summed E-state index contributed by atoms with van der Waals surface area (Å²) in [5.74, 6) is -1.86. The molecule has 1 aliphatic heterocycles. The molecule has 2 atom stereocenters. The molecular weight excluding hydrogens is 358 g/mol. The Morgan fingerprint density at radius 2 is 1.80 bits per heavy atom. The molecular formula is C13H17N3O8S. The molecule has 138 valence electrons. The molecule has 0 saturated carbocycles. The summed E-state index contributed by atoms with van der Waals surface area (Å²) in [6, 6.07) is 3.69. The minimum absolute atomic E-state index is 0.144. The monoisotopic (exact) mass is 375 g/mol. The number of nitrogens with one attached hydrogen (secondary N) is 2. The van der Waals surface area contributed by atoms with Gasteiger partial charge in [0.1, 0.15) is 11.8 Å². The number of amides is 2. The third-order valence-corrected chi connectivity index (χ3v) is 5.51. The lowest BCUT2D eigenvalue weighted by Crippen LogP contribution is -2.63. The van der Waals surface area contributed by atoms with Crippen molar-refractivity contribution in [3.8, 4) is 5.75 Å². The fourth-order valence-corrected chi connectivity index (χ4v) is 3.99. The predicted molar refractivity (Wildman–Crippen MR) is 80.3 cm³/mol. The molecule has 4 N–H and O–H groups in total. The summed E-state index contributed by atoms with van der Waals surface area (Å²) in [5, 5.41) is 17.7. The van der Waals surface area contributed by atoms with Gasteiger partial charge < -0.3 is 9.47 Å². The average molecular weight is 375 g/mol. The molecule has 0 spiro atoms. The van der Waals surface area contributed by atoms with Crippen LogP contribution >= 0.6 is 0 Å². The maximum absolute atomic E-state index is 12.8. The maximum Gasteiger partial charge on any atom is 0.274 e. The molecule has 12 heteroatoms. The fraction of sp³-hybridized carbons (Fsp3) is 0.385. The number of methoxy groups -OCH3 is 1. The molecule has 1 heterocycles. The molecule has 2 rings (SSSR count). The number of hydroxylamine groups is 2. The second-order valence-corrected chi connectivity index (χ2v) is 6.87. The minimum atomic E-state index is -4.20. The van der Waals surface area contributed by atoms with Gasteiger partial charge in [0.2, 0.25) is 10.0 Å². The summed E-state index contributed by atoms with van der Waals surface area (Å²) in [6.45, 7) is -0.426. The summed E-state index contributed by atoms with van der Waals surface area (Å²) in [5.41, 5.74) is 2.62. The van der Waals surface area contributed by atoms with Gasteiger partial charge >= 0.3 is 0 Å². The molecule has 11 nitrogen and oxygen atoms in total. The Morgan fingerprint density at radius 1 is 1.20 bits per heavy atom. The zero-order valence-electron chi connectivity index (χ0n) is 13.1. The SMILES string of the molecule is COc1ccc(S(=O)(=O)N2CCOC(C(=O)NO)C2C(=O)NO)cc1. The van der Waals surface area contributed by atoms with Crippen molar-refractivity contribution in [3.63, 3.8) is 0 Å². The van der Waals surface area contributed by atoms with Crippen LogP contribution in [0.25, 0.3) is 0 Å². The Labute approximate surface area is 143 Å². The Hall–Kier alpha value is -2.25. The van der Waals surface area contributed by atoms with Crippen LogP contribution in [0.4, 0.5) is 0 Å². The molecule has 1 fully saturated rings. The molecule has 1 aromatic carbocycles. The summed E-state index contributed by atoms with van der Waals surface area (Å²) >= 11 is 0. The standard InChI is InChI=1S/C13H17N3O8S/c1-23-8-2-4-9(5-3-8)25(21,22)16-6-7-24-11(13(18)15-20)10(16)12(17)14-19/h2-5,10-11,19-20H,6-7H2,1H3,(H,14,17)(H,15,18). The average Bonchev–Trinajstić information content (AvgIpc) is 2.66. The van der Waals surface area contributed by atoms with Crippen molar-refractivity contribution < 1.29 is 37.9 Å². The molecule has 25 heavy (non-hydrogen) atoms. The van der Waals surface area contributed by atoms with Crippen LogP contribution in [0.1, 0.15) is 0 Å². The van der Waals surface area contributed by atoms with Gasteiger partial charge in [-0.05, 0) is 24.3 Å². The first-order chi connectivity index (χ1) is 11.9. The van der Waals surface area contributed by atoms with Crippen LogP contribution in [0.5, 0.6) is 5.75 Å². The van der Waals surface area contributed by atoms with E-state index < -0.39 is 34.0 Å². The molecule has 0 radical (unpaired) electrons. The lowest BCUT2D eigenvalue weighted by Gasteiger charge is -2.37. The van der Waals surface area contributed by atoms with Gasteiger partial charge in [0.15, 0.2) is 6.10 Å². The number of sulfonamides is 1. The molecule has 0 aliphatic carbocycles. The smallest absolute Gasteiger partial charge is 0.274 e. The van der Waals surface area contributed by atoms with Crippen LogP contribution in [-0.4, -0.2) is 67.4 Å². The van der Waals surface area contributed by atoms with Crippen LogP contribution in [0, 0.1) is 0 Å². The fourth-order valence-electron chi connectivity index (χ4n) is 2.42. The van der Waals surface area contributed by atoms with E-state index in [4.69, 9.17) is 19.9 Å². The number of ether oxygens (including phenoxy) is 2. The van der Waals surface area contributed by atoms with Crippen molar-refractivity contribution >= 4 is 21.8 Å². The number of hydrogen-bond donors (Lipinski definition) is 4. The zero-order chi connectivity index (χ0) is 18.6. The molecule has 0 aromatic heterocycles. The first-order valence-electron chi connectivity index (χ1n) is 7.02. The summed E-state index contributed by atoms with van der Waals surface area (Å²) in [7, 11) is -2.78. The Bertz CT molecular complexity index is 736. The van der Waals surface area contributed by atoms with Crippen molar-refractivity contribution in [1.29, 1.82) is 0 Å². The van der Waals surface area contributed by atoms with E-state index in [1.165, 1.54) is 42.3 Å². The van der Waals surface area contributed by atoms with Gasteiger partial charge in [-0.25, -0.2) is 19.4 Å². The normalized spacial score (nSPS) is 21.4. The van der Waals surface area contributed by atoms with Crippen LogP contribution < -0.4 is 15.7 Å². The quantitative estimate of drug-likeness (QED) is 0.357.